The van der Waals surface area contributed by atoms with Gasteiger partial charge in [-0.25, -0.2) is 18.3 Å². The second kappa shape index (κ2) is 12.2. The molecule has 2 N–H and O–H groups in total. The third-order valence-corrected chi connectivity index (χ3v) is 8.30. The summed E-state index contributed by atoms with van der Waals surface area (Å²) in [4.78, 5) is 22.8. The van der Waals surface area contributed by atoms with Gasteiger partial charge in [-0.3, -0.25) is 9.78 Å². The zero-order chi connectivity index (χ0) is 30.1. The van der Waals surface area contributed by atoms with Crippen LogP contribution >= 0.6 is 0 Å². The van der Waals surface area contributed by atoms with E-state index in [9.17, 15) is 4.79 Å². The van der Waals surface area contributed by atoms with Gasteiger partial charge in [0.2, 0.25) is 5.91 Å². The van der Waals surface area contributed by atoms with Crippen molar-refractivity contribution in [3.05, 3.63) is 83.1 Å². The van der Waals surface area contributed by atoms with Crippen molar-refractivity contribution in [3.63, 3.8) is 0 Å². The Hall–Kier alpha value is -3.76. The van der Waals surface area contributed by atoms with E-state index in [1.165, 1.54) is 12.1 Å². The molecular weight excluding hydrogens is 538 g/mol. The number of imidazole rings is 1. The summed E-state index contributed by atoms with van der Waals surface area (Å²) >= 11 is 0. The monoisotopic (exact) mass is 576 g/mol. The molecule has 4 aromatic rings. The Labute approximate surface area is 244 Å². The largest absolute Gasteiger partial charge is 0.374 e. The van der Waals surface area contributed by atoms with Gasteiger partial charge in [0.15, 0.2) is 0 Å². The maximum atomic E-state index is 15.1. The van der Waals surface area contributed by atoms with Crippen molar-refractivity contribution in [2.45, 2.75) is 77.7 Å². The van der Waals surface area contributed by atoms with Crippen LogP contribution in [0.2, 0.25) is 0 Å². The molecule has 42 heavy (non-hydrogen) atoms. The van der Waals surface area contributed by atoms with Gasteiger partial charge >= 0.3 is 0 Å². The number of carbonyl (C=O) groups excluding carboxylic acids is 1. The predicted octanol–water partition coefficient (Wildman–Crippen LogP) is 5.27. The maximum Gasteiger partial charge on any atom is 0.219 e. The Bertz CT molecular complexity index is 1550. The highest BCUT2D eigenvalue weighted by molar-refractivity contribution is 5.73. The average Bonchev–Trinajstić information content (AvgIpc) is 3.33. The van der Waals surface area contributed by atoms with Crippen LogP contribution in [0.25, 0.3) is 16.8 Å². The van der Waals surface area contributed by atoms with Crippen molar-refractivity contribution in [2.75, 3.05) is 7.05 Å². The molecule has 0 bridgehead atoms. The number of aromatic nitrogens is 4. The van der Waals surface area contributed by atoms with Crippen LogP contribution in [-0.4, -0.2) is 55.6 Å². The van der Waals surface area contributed by atoms with Crippen molar-refractivity contribution in [3.8, 4) is 11.3 Å². The number of halogens is 2. The van der Waals surface area contributed by atoms with Gasteiger partial charge in [-0.05, 0) is 85.5 Å². The lowest BCUT2D eigenvalue weighted by atomic mass is 9.72. The molecule has 3 aromatic heterocycles. The van der Waals surface area contributed by atoms with Crippen molar-refractivity contribution < 1.29 is 18.3 Å². The van der Waals surface area contributed by atoms with Gasteiger partial charge in [0.05, 0.1) is 35.7 Å². The minimum atomic E-state index is -0.697. The molecule has 0 saturated heterocycles. The predicted molar refractivity (Wildman–Crippen MR) is 157 cm³/mol. The van der Waals surface area contributed by atoms with E-state index in [2.05, 4.69) is 22.0 Å². The number of nitrogens with zero attached hydrogens (tertiary/aromatic N) is 5. The number of carbonyl (C=O) groups is 1. The number of rotatable bonds is 8. The zero-order valence-corrected chi connectivity index (χ0v) is 24.7. The number of amides is 1. The molecule has 1 saturated carbocycles. The SMILES string of the molecule is CC(=O)N(C)[C@@H]1[C@H](N)C[C@H](c2ccncc2Cc2ncc3ccc(-c4c(F)cc(COC(C)C)cc4F)nn23)C[C@@H]1C. The topological polar surface area (TPSA) is 98.6 Å². The fourth-order valence-corrected chi connectivity index (χ4v) is 6.27. The molecule has 1 aromatic carbocycles. The smallest absolute Gasteiger partial charge is 0.219 e. The van der Waals surface area contributed by atoms with Crippen LogP contribution in [0, 0.1) is 17.6 Å². The number of hydrogen-bond acceptors (Lipinski definition) is 6. The van der Waals surface area contributed by atoms with E-state index < -0.39 is 11.6 Å². The van der Waals surface area contributed by atoms with Gasteiger partial charge in [-0.15, -0.1) is 0 Å². The van der Waals surface area contributed by atoms with E-state index in [0.29, 0.717) is 23.3 Å². The van der Waals surface area contributed by atoms with Gasteiger partial charge in [0, 0.05) is 44.9 Å². The first kappa shape index (κ1) is 29.7. The van der Waals surface area contributed by atoms with E-state index in [4.69, 9.17) is 10.5 Å². The minimum Gasteiger partial charge on any atom is -0.374 e. The highest BCUT2D eigenvalue weighted by Crippen LogP contribution is 2.39. The van der Waals surface area contributed by atoms with Crippen molar-refractivity contribution in [1.82, 2.24) is 24.5 Å². The maximum absolute atomic E-state index is 15.1. The number of nitrogens with two attached hydrogens (primary N) is 1. The van der Waals surface area contributed by atoms with Crippen LogP contribution < -0.4 is 5.73 Å². The van der Waals surface area contributed by atoms with Crippen molar-refractivity contribution in [1.29, 1.82) is 0 Å². The first-order valence-corrected chi connectivity index (χ1v) is 14.4. The van der Waals surface area contributed by atoms with Crippen LogP contribution in [0.4, 0.5) is 8.78 Å². The Morgan fingerprint density at radius 1 is 1.17 bits per heavy atom. The molecule has 5 rings (SSSR count). The molecule has 0 aliphatic heterocycles. The first-order chi connectivity index (χ1) is 20.0. The molecule has 3 heterocycles. The van der Waals surface area contributed by atoms with E-state index in [-0.39, 0.29) is 53.8 Å². The van der Waals surface area contributed by atoms with Gasteiger partial charge in [0.25, 0.3) is 0 Å². The molecule has 222 valence electrons. The quantitative estimate of drug-likeness (QED) is 0.307. The normalized spacial score (nSPS) is 20.8. The standard InChI is InChI=1S/C32H38F2N6O2/c1-18(2)42-17-21-11-26(33)31(27(34)12-21)29-7-6-24-16-37-30(40(24)38-29)14-23-15-36-9-8-25(23)22-10-19(3)32(28(35)13-22)39(5)20(4)41/h6-9,11-12,15-16,18-19,22,28,32H,10,13-14,17,35H2,1-5H3/t19-,22+,28+,32-/m0/s1. The molecule has 8 nitrogen and oxygen atoms in total. The summed E-state index contributed by atoms with van der Waals surface area (Å²) in [7, 11) is 1.82. The van der Waals surface area contributed by atoms with Crippen LogP contribution in [0.15, 0.2) is 48.9 Å². The van der Waals surface area contributed by atoms with Crippen LogP contribution in [-0.2, 0) is 22.6 Å². The molecule has 1 aliphatic rings. The summed E-state index contributed by atoms with van der Waals surface area (Å²) in [5, 5.41) is 4.60. The van der Waals surface area contributed by atoms with Crippen molar-refractivity contribution >= 4 is 11.4 Å². The summed E-state index contributed by atoms with van der Waals surface area (Å²) in [6, 6.07) is 7.79. The Balaban J connectivity index is 1.43. The van der Waals surface area contributed by atoms with Crippen LogP contribution in [0.5, 0.6) is 0 Å². The lowest BCUT2D eigenvalue weighted by molar-refractivity contribution is -0.131. The number of ether oxygens (including phenoxy) is 1. The third-order valence-electron chi connectivity index (χ3n) is 8.30. The second-order valence-corrected chi connectivity index (χ2v) is 11.7. The molecule has 1 aliphatic carbocycles. The van der Waals surface area contributed by atoms with E-state index in [0.717, 1.165) is 24.0 Å². The Morgan fingerprint density at radius 3 is 2.57 bits per heavy atom. The molecular formula is C32H38F2N6O2. The summed E-state index contributed by atoms with van der Waals surface area (Å²) in [6.45, 7) is 7.57. The Kier molecular flexibility index (Phi) is 8.65. The van der Waals surface area contributed by atoms with Crippen LogP contribution in [0.1, 0.15) is 69.0 Å². The third kappa shape index (κ3) is 6.05. The fourth-order valence-electron chi connectivity index (χ4n) is 6.27. The van der Waals surface area contributed by atoms with Crippen molar-refractivity contribution in [2.24, 2.45) is 11.7 Å². The van der Waals surface area contributed by atoms with Crippen LogP contribution in [0.3, 0.4) is 0 Å². The highest BCUT2D eigenvalue weighted by Gasteiger charge is 2.38. The van der Waals surface area contributed by atoms with E-state index in [1.54, 1.807) is 40.9 Å². The summed E-state index contributed by atoms with van der Waals surface area (Å²) in [6.07, 6.45) is 7.32. The number of benzene rings is 1. The molecule has 0 radical (unpaired) electrons. The fraction of sp³-hybridized carbons (Fsp3) is 0.438. The van der Waals surface area contributed by atoms with Gasteiger partial charge in [-0.1, -0.05) is 6.92 Å². The molecule has 1 fully saturated rings. The van der Waals surface area contributed by atoms with Gasteiger partial charge in [0.1, 0.15) is 17.5 Å². The van der Waals surface area contributed by atoms with Gasteiger partial charge in [-0.2, -0.15) is 5.10 Å². The molecule has 4 atom stereocenters. The lowest BCUT2D eigenvalue weighted by Gasteiger charge is -2.43. The molecule has 0 unspecified atom stereocenters. The zero-order valence-electron chi connectivity index (χ0n) is 24.7. The average molecular weight is 577 g/mol. The van der Waals surface area contributed by atoms with E-state index >= 15 is 8.78 Å². The number of pyridine rings is 1. The number of fused-ring (bicyclic) bond motifs is 1. The Morgan fingerprint density at radius 2 is 1.90 bits per heavy atom. The number of hydrogen-bond donors (Lipinski definition) is 1. The lowest BCUT2D eigenvalue weighted by Crippen LogP contribution is -2.54. The van der Waals surface area contributed by atoms with Gasteiger partial charge < -0.3 is 15.4 Å². The summed E-state index contributed by atoms with van der Waals surface area (Å²) < 4.78 is 37.4. The minimum absolute atomic E-state index is 0.0132. The molecule has 0 spiro atoms. The summed E-state index contributed by atoms with van der Waals surface area (Å²) in [5.41, 5.74) is 9.88. The first-order valence-electron chi connectivity index (χ1n) is 14.4. The summed E-state index contributed by atoms with van der Waals surface area (Å²) in [5.74, 6) is -0.335. The van der Waals surface area contributed by atoms with E-state index in [1.807, 2.05) is 33.2 Å². The highest BCUT2D eigenvalue weighted by atomic mass is 19.1. The molecule has 10 heteroatoms. The number of likely N-dealkylation sites (N-methyl/N-ethyl adjacent to an activating group) is 1. The molecule has 1 amide bonds. The second-order valence-electron chi connectivity index (χ2n) is 11.7.